The Hall–Kier alpha value is -3.88. The number of carbonyl (C=O) groups excluding carboxylic acids is 2. The predicted molar refractivity (Wildman–Crippen MR) is 111 cm³/mol. The predicted octanol–water partition coefficient (Wildman–Crippen LogP) is 2.76. The highest BCUT2D eigenvalue weighted by molar-refractivity contribution is 6.05. The largest absolute Gasteiger partial charge is 0.494 e. The summed E-state index contributed by atoms with van der Waals surface area (Å²) in [5.74, 6) is 2.87. The van der Waals surface area contributed by atoms with Crippen LogP contribution in [0.5, 0.6) is 11.5 Å². The van der Waals surface area contributed by atoms with Crippen LogP contribution in [0.2, 0.25) is 0 Å². The lowest BCUT2D eigenvalue weighted by atomic mass is 10.0. The fourth-order valence-corrected chi connectivity index (χ4v) is 3.57. The normalized spacial score (nSPS) is 13.7. The Kier molecular flexibility index (Phi) is 5.57. The minimum absolute atomic E-state index is 0.183. The van der Waals surface area contributed by atoms with E-state index in [-0.39, 0.29) is 12.3 Å². The zero-order valence-electron chi connectivity index (χ0n) is 17.5. The number of hydrogen-bond donors (Lipinski definition) is 1. The Morgan fingerprint density at radius 2 is 1.81 bits per heavy atom. The number of carbonyl (C=O) groups is 2. The summed E-state index contributed by atoms with van der Waals surface area (Å²) in [7, 11) is 3.16. The highest BCUT2D eigenvalue weighted by Crippen LogP contribution is 2.37. The molecule has 0 saturated heterocycles. The first-order valence-corrected chi connectivity index (χ1v) is 9.76. The van der Waals surface area contributed by atoms with Gasteiger partial charge in [-0.25, -0.2) is 0 Å². The van der Waals surface area contributed by atoms with E-state index < -0.39 is 5.91 Å². The lowest BCUT2D eigenvalue weighted by molar-refractivity contribution is -0.128. The quantitative estimate of drug-likeness (QED) is 0.583. The van der Waals surface area contributed by atoms with E-state index in [1.54, 1.807) is 14.2 Å². The molecule has 0 spiro atoms. The summed E-state index contributed by atoms with van der Waals surface area (Å²) in [6.45, 7) is 1.85. The van der Waals surface area contributed by atoms with Gasteiger partial charge in [-0.3, -0.25) is 19.5 Å². The molecule has 1 aliphatic heterocycles. The van der Waals surface area contributed by atoms with Crippen molar-refractivity contribution in [3.63, 3.8) is 0 Å². The minimum Gasteiger partial charge on any atom is -0.494 e. The molecule has 0 aliphatic carbocycles. The van der Waals surface area contributed by atoms with E-state index in [1.165, 1.54) is 6.08 Å². The van der Waals surface area contributed by atoms with Crippen molar-refractivity contribution < 1.29 is 23.5 Å². The molecule has 0 radical (unpaired) electrons. The maximum Gasteiger partial charge on any atom is 0.250 e. The second-order valence-electron chi connectivity index (χ2n) is 7.09. The van der Waals surface area contributed by atoms with Crippen LogP contribution in [0.15, 0.2) is 46.4 Å². The molecule has 9 nitrogen and oxygen atoms in total. The molecule has 2 amide bonds. The third-order valence-electron chi connectivity index (χ3n) is 4.97. The summed E-state index contributed by atoms with van der Waals surface area (Å²) in [6, 6.07) is 9.16. The Balaban J connectivity index is 1.80. The van der Waals surface area contributed by atoms with Gasteiger partial charge in [-0.2, -0.15) is 0 Å². The van der Waals surface area contributed by atoms with Gasteiger partial charge in [-0.1, -0.05) is 11.6 Å². The smallest absolute Gasteiger partial charge is 0.250 e. The van der Waals surface area contributed by atoms with Crippen LogP contribution in [0.1, 0.15) is 24.4 Å². The first-order chi connectivity index (χ1) is 15.0. The Morgan fingerprint density at radius 1 is 1.06 bits per heavy atom. The highest BCUT2D eigenvalue weighted by atomic mass is 16.5. The molecule has 1 aromatic carbocycles. The molecular weight excluding hydrogens is 400 g/mol. The van der Waals surface area contributed by atoms with Crippen LogP contribution in [-0.2, 0) is 16.0 Å². The monoisotopic (exact) mass is 422 g/mol. The number of benzene rings is 1. The number of hydrogen-bond acceptors (Lipinski definition) is 7. The van der Waals surface area contributed by atoms with Gasteiger partial charge in [0.1, 0.15) is 28.8 Å². The molecule has 3 heterocycles. The Bertz CT molecular complexity index is 1150. The van der Waals surface area contributed by atoms with E-state index in [2.05, 4.69) is 15.5 Å². The van der Waals surface area contributed by atoms with Crippen molar-refractivity contribution in [1.29, 1.82) is 0 Å². The molecule has 2 aromatic heterocycles. The second kappa shape index (κ2) is 8.47. The number of para-hydroxylation sites is 1. The summed E-state index contributed by atoms with van der Waals surface area (Å²) < 4.78 is 18.8. The van der Waals surface area contributed by atoms with Gasteiger partial charge < -0.3 is 13.9 Å². The summed E-state index contributed by atoms with van der Waals surface area (Å²) in [5.41, 5.74) is 1.38. The van der Waals surface area contributed by atoms with Gasteiger partial charge >= 0.3 is 0 Å². The molecule has 4 rings (SSSR count). The van der Waals surface area contributed by atoms with Crippen LogP contribution in [0, 0.1) is 6.92 Å². The average molecular weight is 422 g/mol. The van der Waals surface area contributed by atoms with Crippen molar-refractivity contribution in [1.82, 2.24) is 20.1 Å². The van der Waals surface area contributed by atoms with Gasteiger partial charge in [-0.15, -0.1) is 10.2 Å². The lowest BCUT2D eigenvalue weighted by Gasteiger charge is -2.17. The number of ether oxygens (including phenoxy) is 2. The SMILES string of the molecule is COc1cccc(OC)c1-n1c(CCC2=CC(=O)NC(=O)C2)nnc1-c1ccc(C)o1. The number of imide groups is 1. The van der Waals surface area contributed by atoms with Gasteiger partial charge in [0.05, 0.1) is 14.2 Å². The van der Waals surface area contributed by atoms with Crippen molar-refractivity contribution in [3.8, 4) is 28.8 Å². The number of rotatable bonds is 7. The van der Waals surface area contributed by atoms with Crippen molar-refractivity contribution >= 4 is 11.8 Å². The molecule has 0 bridgehead atoms. The van der Waals surface area contributed by atoms with Crippen LogP contribution in [0.25, 0.3) is 17.3 Å². The van der Waals surface area contributed by atoms with Crippen molar-refractivity contribution in [2.24, 2.45) is 0 Å². The standard InChI is InChI=1S/C22H22N4O5/c1-13-7-9-17(31-13)22-25-24-18(10-8-14-11-19(27)23-20(28)12-14)26(22)21-15(29-2)5-4-6-16(21)30-3/h4-7,9,11H,8,10,12H2,1-3H3,(H,23,27,28). The maximum atomic E-state index is 11.7. The van der Waals surface area contributed by atoms with Crippen LogP contribution >= 0.6 is 0 Å². The zero-order chi connectivity index (χ0) is 22.0. The van der Waals surface area contributed by atoms with Crippen LogP contribution in [0.3, 0.4) is 0 Å². The molecule has 1 N–H and O–H groups in total. The molecular formula is C22H22N4O5. The minimum atomic E-state index is -0.397. The van der Waals surface area contributed by atoms with Crippen molar-refractivity contribution in [2.75, 3.05) is 14.2 Å². The fraction of sp³-hybridized carbons (Fsp3) is 0.273. The number of aryl methyl sites for hydroxylation is 2. The number of methoxy groups -OCH3 is 2. The van der Waals surface area contributed by atoms with Crippen LogP contribution in [0.4, 0.5) is 0 Å². The fourth-order valence-electron chi connectivity index (χ4n) is 3.57. The van der Waals surface area contributed by atoms with E-state index in [9.17, 15) is 9.59 Å². The Labute approximate surface area is 178 Å². The molecule has 31 heavy (non-hydrogen) atoms. The van der Waals surface area contributed by atoms with E-state index in [0.29, 0.717) is 47.4 Å². The molecule has 0 fully saturated rings. The topological polar surface area (TPSA) is 108 Å². The summed E-state index contributed by atoms with van der Waals surface area (Å²) >= 11 is 0. The molecule has 0 atom stereocenters. The lowest BCUT2D eigenvalue weighted by Crippen LogP contribution is -2.33. The van der Waals surface area contributed by atoms with Gasteiger partial charge in [0.2, 0.25) is 11.7 Å². The molecule has 0 saturated carbocycles. The van der Waals surface area contributed by atoms with Crippen molar-refractivity contribution in [3.05, 3.63) is 53.6 Å². The summed E-state index contributed by atoms with van der Waals surface area (Å²) in [4.78, 5) is 23.3. The number of amides is 2. The number of furan rings is 1. The maximum absolute atomic E-state index is 11.7. The van der Waals surface area contributed by atoms with Crippen molar-refractivity contribution in [2.45, 2.75) is 26.2 Å². The zero-order valence-corrected chi connectivity index (χ0v) is 17.5. The second-order valence-corrected chi connectivity index (χ2v) is 7.09. The van der Waals surface area contributed by atoms with Gasteiger partial charge in [0.15, 0.2) is 5.76 Å². The summed E-state index contributed by atoms with van der Waals surface area (Å²) in [5, 5.41) is 11.0. The first kappa shape index (κ1) is 20.4. The van der Waals surface area contributed by atoms with Gasteiger partial charge in [0.25, 0.3) is 5.91 Å². The molecule has 9 heteroatoms. The number of nitrogens with zero attached hydrogens (tertiary/aromatic N) is 3. The number of nitrogens with one attached hydrogen (secondary N) is 1. The third kappa shape index (κ3) is 4.07. The first-order valence-electron chi connectivity index (χ1n) is 9.76. The molecule has 160 valence electrons. The Morgan fingerprint density at radius 3 is 2.42 bits per heavy atom. The van der Waals surface area contributed by atoms with Gasteiger partial charge in [0, 0.05) is 18.9 Å². The van der Waals surface area contributed by atoms with Crippen LogP contribution in [-0.4, -0.2) is 40.8 Å². The van der Waals surface area contributed by atoms with Crippen LogP contribution < -0.4 is 14.8 Å². The van der Waals surface area contributed by atoms with E-state index in [4.69, 9.17) is 13.9 Å². The highest BCUT2D eigenvalue weighted by Gasteiger charge is 2.24. The molecule has 1 aliphatic rings. The molecule has 3 aromatic rings. The van der Waals surface area contributed by atoms with E-state index >= 15 is 0 Å². The number of aromatic nitrogens is 3. The van der Waals surface area contributed by atoms with Gasteiger partial charge in [-0.05, 0) is 37.6 Å². The molecule has 0 unspecified atom stereocenters. The average Bonchev–Trinajstić information content (AvgIpc) is 3.36. The van der Waals surface area contributed by atoms with E-state index in [0.717, 1.165) is 11.3 Å². The van der Waals surface area contributed by atoms with E-state index in [1.807, 2.05) is 41.8 Å². The summed E-state index contributed by atoms with van der Waals surface area (Å²) in [6.07, 6.45) is 2.57. The third-order valence-corrected chi connectivity index (χ3v) is 4.97.